The molecule has 6 aliphatic rings. The Morgan fingerprint density at radius 3 is 1.88 bits per heavy atom. The normalized spacial score (nSPS) is 52.6. The molecule has 0 aromatic rings. The van der Waals surface area contributed by atoms with Gasteiger partial charge < -0.3 is 70.0 Å². The molecule has 2 heterocycles. The number of rotatable bonds is 10. The lowest BCUT2D eigenvalue weighted by atomic mass is 9.34. The van der Waals surface area contributed by atoms with Gasteiger partial charge in [0.15, 0.2) is 12.6 Å². The van der Waals surface area contributed by atoms with Gasteiger partial charge in [0, 0.05) is 0 Å². The third-order valence-electron chi connectivity index (χ3n) is 16.6. The molecule has 324 valence electrons. The lowest BCUT2D eigenvalue weighted by Gasteiger charge is -2.71. The van der Waals surface area contributed by atoms with E-state index in [9.17, 15) is 51.1 Å². The monoisotopic (exact) mass is 800 g/mol. The van der Waals surface area contributed by atoms with E-state index >= 15 is 0 Å². The largest absolute Gasteiger partial charge is 0.394 e. The van der Waals surface area contributed by atoms with Gasteiger partial charge in [-0.3, -0.25) is 0 Å². The van der Waals surface area contributed by atoms with Gasteiger partial charge in [0.25, 0.3) is 0 Å². The van der Waals surface area contributed by atoms with Crippen molar-refractivity contribution in [1.82, 2.24) is 0 Å². The molecule has 2 saturated heterocycles. The Bertz CT molecular complexity index is 1400. The van der Waals surface area contributed by atoms with Crippen molar-refractivity contribution in [3.63, 3.8) is 0 Å². The summed E-state index contributed by atoms with van der Waals surface area (Å²) in [6, 6.07) is 0. The maximum absolute atomic E-state index is 12.5. The quantitative estimate of drug-likeness (QED) is 0.110. The van der Waals surface area contributed by atoms with Gasteiger partial charge in [-0.1, -0.05) is 46.3 Å². The summed E-state index contributed by atoms with van der Waals surface area (Å²) >= 11 is 0. The van der Waals surface area contributed by atoms with E-state index in [1.54, 1.807) is 0 Å². The number of aliphatic hydroxyl groups excluding tert-OH is 10. The number of fused-ring (bicyclic) bond motifs is 5. The molecule has 4 saturated carbocycles. The number of allylic oxidation sites excluding steroid dienone is 2. The molecule has 14 heteroatoms. The van der Waals surface area contributed by atoms with E-state index in [1.165, 1.54) is 0 Å². The summed E-state index contributed by atoms with van der Waals surface area (Å²) in [6.07, 6.45) is -9.01. The number of aliphatic hydroxyl groups is 10. The predicted octanol–water partition coefficient (Wildman–Crippen LogP) is 1.12. The van der Waals surface area contributed by atoms with Crippen molar-refractivity contribution in [3.8, 4) is 0 Å². The molecule has 56 heavy (non-hydrogen) atoms. The van der Waals surface area contributed by atoms with Crippen molar-refractivity contribution < 1.29 is 70.0 Å². The van der Waals surface area contributed by atoms with Crippen LogP contribution >= 0.6 is 0 Å². The summed E-state index contributed by atoms with van der Waals surface area (Å²) in [6.45, 7) is 15.8. The van der Waals surface area contributed by atoms with Crippen molar-refractivity contribution >= 4 is 0 Å². The fourth-order valence-electron chi connectivity index (χ4n) is 13.6. The first-order valence-corrected chi connectivity index (χ1v) is 21.0. The second-order valence-corrected chi connectivity index (χ2v) is 20.2. The maximum atomic E-state index is 12.5. The fraction of sp³-hybridized carbons (Fsp3) is 0.952. The molecular formula is C42H72O14. The van der Waals surface area contributed by atoms with Crippen molar-refractivity contribution in [2.75, 3.05) is 13.2 Å². The Balaban J connectivity index is 1.29. The highest BCUT2D eigenvalue weighted by Gasteiger charge is 2.73. The summed E-state index contributed by atoms with van der Waals surface area (Å²) in [5.74, 6) is -0.671. The van der Waals surface area contributed by atoms with Crippen LogP contribution in [0.1, 0.15) is 107 Å². The van der Waals surface area contributed by atoms with Gasteiger partial charge in [-0.05, 0) is 117 Å². The fourth-order valence-corrected chi connectivity index (χ4v) is 13.6. The summed E-state index contributed by atoms with van der Waals surface area (Å²) in [4.78, 5) is 0. The molecule has 0 spiro atoms. The molecule has 0 radical (unpaired) electrons. The summed E-state index contributed by atoms with van der Waals surface area (Å²) in [7, 11) is 0. The molecule has 0 amide bonds. The minimum Gasteiger partial charge on any atom is -0.394 e. The van der Waals surface area contributed by atoms with E-state index in [4.69, 9.17) is 18.9 Å². The molecule has 6 rings (SSSR count). The second-order valence-electron chi connectivity index (χ2n) is 20.2. The van der Waals surface area contributed by atoms with E-state index in [-0.39, 0.29) is 23.7 Å². The first kappa shape index (κ1) is 44.7. The van der Waals surface area contributed by atoms with Crippen LogP contribution in [0, 0.1) is 45.3 Å². The topological polar surface area (TPSA) is 239 Å². The molecule has 0 aromatic heterocycles. The van der Waals surface area contributed by atoms with Crippen molar-refractivity contribution in [1.29, 1.82) is 0 Å². The molecule has 10 N–H and O–H groups in total. The minimum absolute atomic E-state index is 0.0224. The minimum atomic E-state index is -1.58. The molecule has 0 bridgehead atoms. The Kier molecular flexibility index (Phi) is 12.7. The smallest absolute Gasteiger partial charge is 0.187 e. The third kappa shape index (κ3) is 7.06. The van der Waals surface area contributed by atoms with Crippen LogP contribution in [0.5, 0.6) is 0 Å². The molecule has 6 fully saturated rings. The first-order valence-electron chi connectivity index (χ1n) is 21.0. The van der Waals surface area contributed by atoms with E-state index in [1.807, 2.05) is 20.8 Å². The third-order valence-corrected chi connectivity index (χ3v) is 16.6. The second kappa shape index (κ2) is 15.9. The SMILES string of the molecule is CC(C)=CCCC(C)(OC1OC(CO)C(O)C(O)C1O)C1CCC2(C)C1C(O)CC1C3(C)CCC(OC4OC(CO)C(O)C(O)C4O)C(C)(C)C3C(O)CC12C. The molecule has 14 nitrogen and oxygen atoms in total. The van der Waals surface area contributed by atoms with Gasteiger partial charge in [-0.25, -0.2) is 0 Å². The van der Waals surface area contributed by atoms with Gasteiger partial charge in [0.05, 0.1) is 37.1 Å². The van der Waals surface area contributed by atoms with Crippen LogP contribution in [0.3, 0.4) is 0 Å². The molecule has 21 atom stereocenters. The zero-order valence-electron chi connectivity index (χ0n) is 34.6. The zero-order valence-corrected chi connectivity index (χ0v) is 34.6. The van der Waals surface area contributed by atoms with E-state index in [2.05, 4.69) is 40.7 Å². The van der Waals surface area contributed by atoms with Crippen LogP contribution < -0.4 is 0 Å². The van der Waals surface area contributed by atoms with E-state index in [0.29, 0.717) is 44.9 Å². The highest BCUT2D eigenvalue weighted by Crippen LogP contribution is 2.76. The Hall–Kier alpha value is -0.820. The van der Waals surface area contributed by atoms with Crippen molar-refractivity contribution in [3.05, 3.63) is 11.6 Å². The Labute approximate surface area is 331 Å². The first-order chi connectivity index (χ1) is 26.0. The molecule has 2 aliphatic heterocycles. The van der Waals surface area contributed by atoms with Gasteiger partial charge in [0.1, 0.15) is 48.8 Å². The molecule has 0 aromatic carbocycles. The van der Waals surface area contributed by atoms with Crippen LogP contribution in [-0.2, 0) is 18.9 Å². The van der Waals surface area contributed by atoms with Gasteiger partial charge in [-0.15, -0.1) is 0 Å². The van der Waals surface area contributed by atoms with Crippen LogP contribution in [0.25, 0.3) is 0 Å². The summed E-state index contributed by atoms with van der Waals surface area (Å²) < 4.78 is 24.8. The summed E-state index contributed by atoms with van der Waals surface area (Å²) in [5.41, 5.74) is -1.71. The average Bonchev–Trinajstić information content (AvgIpc) is 3.51. The van der Waals surface area contributed by atoms with E-state index in [0.717, 1.165) is 12.0 Å². The lowest BCUT2D eigenvalue weighted by Crippen LogP contribution is -2.70. The zero-order chi connectivity index (χ0) is 41.5. The highest BCUT2D eigenvalue weighted by molar-refractivity contribution is 5.22. The highest BCUT2D eigenvalue weighted by atomic mass is 16.7. The van der Waals surface area contributed by atoms with Crippen LogP contribution in [0.15, 0.2) is 11.6 Å². The molecule has 21 unspecified atom stereocenters. The number of hydrogen-bond acceptors (Lipinski definition) is 14. The van der Waals surface area contributed by atoms with Crippen molar-refractivity contribution in [2.45, 2.75) is 192 Å². The van der Waals surface area contributed by atoms with Gasteiger partial charge in [0.2, 0.25) is 0 Å². The number of ether oxygens (including phenoxy) is 4. The van der Waals surface area contributed by atoms with E-state index < -0.39 is 120 Å². The van der Waals surface area contributed by atoms with Crippen LogP contribution in [-0.4, -0.2) is 150 Å². The van der Waals surface area contributed by atoms with Crippen molar-refractivity contribution in [2.24, 2.45) is 45.3 Å². The predicted molar refractivity (Wildman–Crippen MR) is 202 cm³/mol. The number of hydrogen-bond donors (Lipinski definition) is 10. The average molecular weight is 801 g/mol. The standard InChI is InChI=1S/C42H72O14/c1-20(2)10-9-13-42(8,56-37-34(52)32(50)30(48)25(19-44)54-37)21-11-15-40(6)28(21)22(45)16-26-39(5)14-12-27(38(3,4)35(39)23(46)17-41(26,40)7)55-36-33(51)31(49)29(47)24(18-43)53-36/h10,21-37,43-52H,9,11-19H2,1-8H3. The van der Waals surface area contributed by atoms with Gasteiger partial charge in [-0.2, -0.15) is 0 Å². The van der Waals surface area contributed by atoms with Gasteiger partial charge >= 0.3 is 0 Å². The lowest BCUT2D eigenvalue weighted by molar-refractivity contribution is -0.341. The molecule has 4 aliphatic carbocycles. The van der Waals surface area contributed by atoms with Crippen LogP contribution in [0.2, 0.25) is 0 Å². The Morgan fingerprint density at radius 2 is 1.30 bits per heavy atom. The molecular weight excluding hydrogens is 728 g/mol. The maximum Gasteiger partial charge on any atom is 0.187 e. The summed E-state index contributed by atoms with van der Waals surface area (Å²) in [5, 5.41) is 108. The van der Waals surface area contributed by atoms with Crippen LogP contribution in [0.4, 0.5) is 0 Å². The Morgan fingerprint density at radius 1 is 0.732 bits per heavy atom.